The number of aromatic nitrogens is 4. The van der Waals surface area contributed by atoms with Gasteiger partial charge >= 0.3 is 0 Å². The Bertz CT molecular complexity index is 601. The number of nitrogens with two attached hydrogens (primary N) is 1. The minimum Gasteiger partial charge on any atom is -0.489 e. The summed E-state index contributed by atoms with van der Waals surface area (Å²) < 4.78 is 7.65. The highest BCUT2D eigenvalue weighted by Crippen LogP contribution is 2.33. The molecule has 1 aromatic carbocycles. The van der Waals surface area contributed by atoms with Gasteiger partial charge in [-0.15, -0.1) is 4.79 Å². The van der Waals surface area contributed by atoms with Crippen molar-refractivity contribution in [3.05, 3.63) is 26.6 Å². The summed E-state index contributed by atoms with van der Waals surface area (Å²) in [6, 6.07) is 3.91. The molecule has 0 bridgehead atoms. The first-order valence-corrected chi connectivity index (χ1v) is 7.48. The van der Waals surface area contributed by atoms with Crippen LogP contribution in [0.3, 0.4) is 0 Å². The normalized spacial score (nSPS) is 10.8. The summed E-state index contributed by atoms with van der Waals surface area (Å²) in [5.74, 6) is 0.979. The first-order chi connectivity index (χ1) is 9.47. The van der Waals surface area contributed by atoms with E-state index in [1.165, 1.54) is 4.79 Å². The van der Waals surface area contributed by atoms with Crippen molar-refractivity contribution in [3.8, 4) is 5.75 Å². The molecule has 0 unspecified atom stereocenters. The Balaban J connectivity index is 2.23. The van der Waals surface area contributed by atoms with Gasteiger partial charge in [0.25, 0.3) is 5.95 Å². The van der Waals surface area contributed by atoms with E-state index in [1.807, 2.05) is 26.0 Å². The maximum absolute atomic E-state index is 5.83. The standard InChI is InChI=1S/C11H14Br2N6O/c1-6(2)20-10-7(3-8(12)4-9(10)13)5-15-19-11(14)16-17-18-19/h3-4,6,15H,5H2,1-2H3,(H2,14,16,18). The molecular formula is C11H14Br2N6O. The van der Waals surface area contributed by atoms with Crippen molar-refractivity contribution in [1.29, 1.82) is 0 Å². The molecule has 108 valence electrons. The van der Waals surface area contributed by atoms with E-state index in [0.29, 0.717) is 6.54 Å². The summed E-state index contributed by atoms with van der Waals surface area (Å²) in [4.78, 5) is 1.31. The van der Waals surface area contributed by atoms with Crippen LogP contribution in [0.4, 0.5) is 5.95 Å². The van der Waals surface area contributed by atoms with Crippen LogP contribution in [0.25, 0.3) is 0 Å². The summed E-state index contributed by atoms with van der Waals surface area (Å²) in [7, 11) is 0. The number of nitrogen functional groups attached to an aromatic ring is 1. The predicted molar refractivity (Wildman–Crippen MR) is 82.9 cm³/mol. The number of ether oxygens (including phenoxy) is 1. The second-order valence-electron chi connectivity index (χ2n) is 4.33. The zero-order valence-electron chi connectivity index (χ0n) is 11.0. The zero-order valence-corrected chi connectivity index (χ0v) is 14.1. The van der Waals surface area contributed by atoms with Crippen molar-refractivity contribution in [2.45, 2.75) is 26.5 Å². The minimum absolute atomic E-state index is 0.0735. The third kappa shape index (κ3) is 3.60. The zero-order chi connectivity index (χ0) is 14.7. The lowest BCUT2D eigenvalue weighted by atomic mass is 10.2. The third-order valence-electron chi connectivity index (χ3n) is 2.35. The second-order valence-corrected chi connectivity index (χ2v) is 6.10. The van der Waals surface area contributed by atoms with E-state index in [9.17, 15) is 0 Å². The maximum Gasteiger partial charge on any atom is 0.260 e. The molecule has 7 nitrogen and oxygen atoms in total. The van der Waals surface area contributed by atoms with Crippen LogP contribution >= 0.6 is 31.9 Å². The van der Waals surface area contributed by atoms with E-state index >= 15 is 0 Å². The molecule has 20 heavy (non-hydrogen) atoms. The molecule has 0 aliphatic rings. The van der Waals surface area contributed by atoms with Gasteiger partial charge in [-0.2, -0.15) is 0 Å². The number of nitrogens with zero attached hydrogens (tertiary/aromatic N) is 4. The van der Waals surface area contributed by atoms with Gasteiger partial charge < -0.3 is 15.9 Å². The highest BCUT2D eigenvalue weighted by molar-refractivity contribution is 9.11. The average Bonchev–Trinajstić information content (AvgIpc) is 2.76. The highest BCUT2D eigenvalue weighted by atomic mass is 79.9. The monoisotopic (exact) mass is 404 g/mol. The van der Waals surface area contributed by atoms with Crippen molar-refractivity contribution >= 4 is 37.8 Å². The van der Waals surface area contributed by atoms with Gasteiger partial charge in [0, 0.05) is 10.0 Å². The molecule has 0 saturated carbocycles. The molecule has 0 aliphatic heterocycles. The van der Waals surface area contributed by atoms with Gasteiger partial charge in [-0.25, -0.2) is 0 Å². The van der Waals surface area contributed by atoms with Crippen LogP contribution in [0.2, 0.25) is 0 Å². The van der Waals surface area contributed by atoms with Gasteiger partial charge in [-0.3, -0.25) is 0 Å². The molecule has 0 fully saturated rings. The van der Waals surface area contributed by atoms with E-state index in [-0.39, 0.29) is 12.1 Å². The van der Waals surface area contributed by atoms with Crippen LogP contribution < -0.4 is 15.9 Å². The molecule has 2 rings (SSSR count). The van der Waals surface area contributed by atoms with Crippen LogP contribution in [0.15, 0.2) is 21.1 Å². The Morgan fingerprint density at radius 1 is 1.40 bits per heavy atom. The van der Waals surface area contributed by atoms with E-state index in [0.717, 1.165) is 20.3 Å². The van der Waals surface area contributed by atoms with Crippen LogP contribution in [-0.2, 0) is 6.54 Å². The van der Waals surface area contributed by atoms with Gasteiger partial charge in [-0.1, -0.05) is 21.0 Å². The van der Waals surface area contributed by atoms with Crippen molar-refractivity contribution in [1.82, 2.24) is 20.3 Å². The van der Waals surface area contributed by atoms with Crippen molar-refractivity contribution < 1.29 is 4.74 Å². The van der Waals surface area contributed by atoms with Gasteiger partial charge in [-0.05, 0) is 52.3 Å². The van der Waals surface area contributed by atoms with Crippen LogP contribution in [-0.4, -0.2) is 26.4 Å². The Morgan fingerprint density at radius 2 is 2.15 bits per heavy atom. The van der Waals surface area contributed by atoms with E-state index in [1.54, 1.807) is 0 Å². The van der Waals surface area contributed by atoms with Gasteiger partial charge in [0.1, 0.15) is 5.75 Å². The lowest BCUT2D eigenvalue weighted by Crippen LogP contribution is -2.19. The molecule has 9 heteroatoms. The molecule has 2 aromatic rings. The van der Waals surface area contributed by atoms with Crippen LogP contribution in [0.1, 0.15) is 19.4 Å². The SMILES string of the molecule is CC(C)Oc1c(Br)cc(Br)cc1CNn1nnnc1N. The molecule has 0 amide bonds. The third-order valence-corrected chi connectivity index (χ3v) is 3.40. The fourth-order valence-corrected chi connectivity index (χ4v) is 2.99. The number of halogens is 2. The number of tetrazole rings is 1. The summed E-state index contributed by atoms with van der Waals surface area (Å²) in [6.07, 6.45) is 0.0735. The molecule has 0 radical (unpaired) electrons. The predicted octanol–water partition coefficient (Wildman–Crippen LogP) is 2.31. The number of benzene rings is 1. The Morgan fingerprint density at radius 3 is 2.75 bits per heavy atom. The number of nitrogens with one attached hydrogen (secondary N) is 1. The average molecular weight is 406 g/mol. The summed E-state index contributed by atoms with van der Waals surface area (Å²) in [5.41, 5.74) is 9.56. The van der Waals surface area contributed by atoms with Crippen molar-refractivity contribution in [3.63, 3.8) is 0 Å². The largest absolute Gasteiger partial charge is 0.489 e. The van der Waals surface area contributed by atoms with Crippen molar-refractivity contribution in [2.24, 2.45) is 0 Å². The fourth-order valence-electron chi connectivity index (χ4n) is 1.58. The van der Waals surface area contributed by atoms with Gasteiger partial charge in [0.15, 0.2) is 0 Å². The minimum atomic E-state index is 0.0735. The van der Waals surface area contributed by atoms with Crippen molar-refractivity contribution in [2.75, 3.05) is 11.2 Å². The van der Waals surface area contributed by atoms with Crippen LogP contribution in [0, 0.1) is 0 Å². The lowest BCUT2D eigenvalue weighted by molar-refractivity contribution is 0.238. The van der Waals surface area contributed by atoms with E-state index < -0.39 is 0 Å². The van der Waals surface area contributed by atoms with Gasteiger partial charge in [0.2, 0.25) is 0 Å². The molecule has 3 N–H and O–H groups in total. The quantitative estimate of drug-likeness (QED) is 0.793. The Labute approximate surface area is 133 Å². The molecule has 0 aliphatic carbocycles. The number of anilines is 1. The molecule has 0 spiro atoms. The smallest absolute Gasteiger partial charge is 0.260 e. The van der Waals surface area contributed by atoms with E-state index in [4.69, 9.17) is 10.5 Å². The topological polar surface area (TPSA) is 90.9 Å². The molecule has 0 saturated heterocycles. The number of hydrogen-bond acceptors (Lipinski definition) is 6. The molecule has 0 atom stereocenters. The fraction of sp³-hybridized carbons (Fsp3) is 0.364. The van der Waals surface area contributed by atoms with Gasteiger partial charge in [0.05, 0.1) is 17.1 Å². The summed E-state index contributed by atoms with van der Waals surface area (Å²) in [5, 5.41) is 10.8. The molecule has 1 heterocycles. The first kappa shape index (κ1) is 15.0. The lowest BCUT2D eigenvalue weighted by Gasteiger charge is -2.17. The molecule has 1 aromatic heterocycles. The van der Waals surface area contributed by atoms with Crippen LogP contribution in [0.5, 0.6) is 5.75 Å². The molecular weight excluding hydrogens is 392 g/mol. The maximum atomic E-state index is 5.83. The van der Waals surface area contributed by atoms with E-state index in [2.05, 4.69) is 52.8 Å². The highest BCUT2D eigenvalue weighted by Gasteiger charge is 2.12. The summed E-state index contributed by atoms with van der Waals surface area (Å²) >= 11 is 6.97. The number of hydrogen-bond donors (Lipinski definition) is 2. The Kier molecular flexibility index (Phi) is 4.81. The second kappa shape index (κ2) is 6.40. The number of rotatable bonds is 5. The summed E-state index contributed by atoms with van der Waals surface area (Å²) in [6.45, 7) is 4.42. The first-order valence-electron chi connectivity index (χ1n) is 5.89. The Hall–Kier alpha value is -1.35.